The number of nitrogens with one attached hydrogen (secondary N) is 2. The minimum atomic E-state index is -0.534. The van der Waals surface area contributed by atoms with Crippen LogP contribution in [0.2, 0.25) is 10.0 Å². The lowest BCUT2D eigenvalue weighted by atomic mass is 10.1. The predicted octanol–water partition coefficient (Wildman–Crippen LogP) is 3.24. The Morgan fingerprint density at radius 2 is 1.82 bits per heavy atom. The summed E-state index contributed by atoms with van der Waals surface area (Å²) in [4.78, 5) is 37.9. The lowest BCUT2D eigenvalue weighted by Crippen LogP contribution is -2.49. The molecule has 0 aromatic heterocycles. The van der Waals surface area contributed by atoms with Crippen LogP contribution in [0.3, 0.4) is 0 Å². The summed E-state index contributed by atoms with van der Waals surface area (Å²) in [6, 6.07) is 4.48. The summed E-state index contributed by atoms with van der Waals surface area (Å²) in [6.07, 6.45) is 0.911. The van der Waals surface area contributed by atoms with Crippen molar-refractivity contribution in [2.75, 3.05) is 19.6 Å². The summed E-state index contributed by atoms with van der Waals surface area (Å²) >= 11 is 11.8. The molecule has 0 saturated carbocycles. The van der Waals surface area contributed by atoms with Crippen LogP contribution in [-0.2, 0) is 9.53 Å². The average Bonchev–Trinajstić information content (AvgIpc) is 2.59. The normalized spacial score (nSPS) is 15.1. The van der Waals surface area contributed by atoms with Crippen molar-refractivity contribution in [2.24, 2.45) is 0 Å². The summed E-state index contributed by atoms with van der Waals surface area (Å²) in [5, 5.41) is 6.06. The van der Waals surface area contributed by atoms with Crippen molar-refractivity contribution in [1.29, 1.82) is 0 Å². The van der Waals surface area contributed by atoms with Gasteiger partial charge in [-0.25, -0.2) is 4.79 Å². The molecular weight excluding hydrogens is 405 g/mol. The zero-order valence-electron chi connectivity index (χ0n) is 16.2. The van der Waals surface area contributed by atoms with Gasteiger partial charge in [-0.1, -0.05) is 23.2 Å². The number of hydrogen-bond acceptors (Lipinski definition) is 4. The van der Waals surface area contributed by atoms with Crippen molar-refractivity contribution in [3.8, 4) is 0 Å². The van der Waals surface area contributed by atoms with Crippen LogP contribution < -0.4 is 10.6 Å². The number of benzene rings is 1. The van der Waals surface area contributed by atoms with Crippen LogP contribution in [0.25, 0.3) is 0 Å². The number of rotatable bonds is 4. The topological polar surface area (TPSA) is 87.7 Å². The molecule has 0 bridgehead atoms. The highest BCUT2D eigenvalue weighted by Crippen LogP contribution is 2.20. The van der Waals surface area contributed by atoms with Gasteiger partial charge in [0.1, 0.15) is 5.60 Å². The van der Waals surface area contributed by atoms with Gasteiger partial charge in [0.05, 0.1) is 17.1 Å². The van der Waals surface area contributed by atoms with E-state index in [1.54, 1.807) is 11.0 Å². The van der Waals surface area contributed by atoms with Gasteiger partial charge in [-0.05, 0) is 51.8 Å². The summed E-state index contributed by atoms with van der Waals surface area (Å²) in [6.45, 7) is 6.32. The zero-order chi connectivity index (χ0) is 20.9. The lowest BCUT2D eigenvalue weighted by molar-refractivity contribution is -0.121. The predicted molar refractivity (Wildman–Crippen MR) is 108 cm³/mol. The molecule has 1 fully saturated rings. The molecule has 1 aromatic carbocycles. The second-order valence-electron chi connectivity index (χ2n) is 7.62. The van der Waals surface area contributed by atoms with Gasteiger partial charge in [0.15, 0.2) is 0 Å². The largest absolute Gasteiger partial charge is 0.444 e. The van der Waals surface area contributed by atoms with Crippen LogP contribution in [0.15, 0.2) is 18.2 Å². The molecule has 1 aliphatic rings. The molecule has 0 atom stereocenters. The Morgan fingerprint density at radius 3 is 2.39 bits per heavy atom. The minimum Gasteiger partial charge on any atom is -0.444 e. The highest BCUT2D eigenvalue weighted by Gasteiger charge is 2.27. The van der Waals surface area contributed by atoms with Crippen molar-refractivity contribution in [2.45, 2.75) is 45.3 Å². The van der Waals surface area contributed by atoms with E-state index in [4.69, 9.17) is 27.9 Å². The minimum absolute atomic E-state index is 0.0535. The van der Waals surface area contributed by atoms with E-state index in [-0.39, 0.29) is 35.2 Å². The summed E-state index contributed by atoms with van der Waals surface area (Å²) in [7, 11) is 0. The Hall–Kier alpha value is -1.99. The maximum absolute atomic E-state index is 12.1. The molecule has 154 valence electrons. The first kappa shape index (κ1) is 22.3. The van der Waals surface area contributed by atoms with Crippen molar-refractivity contribution in [3.05, 3.63) is 33.8 Å². The zero-order valence-corrected chi connectivity index (χ0v) is 17.7. The highest BCUT2D eigenvalue weighted by atomic mass is 35.5. The number of piperidine rings is 1. The van der Waals surface area contributed by atoms with Crippen LogP contribution in [0.5, 0.6) is 0 Å². The summed E-state index contributed by atoms with van der Waals surface area (Å²) in [5.41, 5.74) is -0.280. The number of halogens is 2. The third-order valence-corrected chi connectivity index (χ3v) is 4.64. The smallest absolute Gasteiger partial charge is 0.410 e. The van der Waals surface area contributed by atoms with E-state index in [9.17, 15) is 14.4 Å². The molecule has 3 amide bonds. The first-order valence-corrected chi connectivity index (χ1v) is 9.81. The molecule has 1 aliphatic heterocycles. The van der Waals surface area contributed by atoms with Crippen LogP contribution in [-0.4, -0.2) is 54.1 Å². The van der Waals surface area contributed by atoms with E-state index < -0.39 is 11.5 Å². The third-order valence-electron chi connectivity index (χ3n) is 4.10. The number of likely N-dealkylation sites (tertiary alicyclic amines) is 1. The van der Waals surface area contributed by atoms with Crippen molar-refractivity contribution in [3.63, 3.8) is 0 Å². The number of ether oxygens (including phenoxy) is 1. The van der Waals surface area contributed by atoms with Gasteiger partial charge in [-0.3, -0.25) is 9.59 Å². The van der Waals surface area contributed by atoms with E-state index in [0.717, 1.165) is 0 Å². The highest BCUT2D eigenvalue weighted by molar-refractivity contribution is 6.36. The first-order chi connectivity index (χ1) is 13.0. The lowest BCUT2D eigenvalue weighted by Gasteiger charge is -2.33. The third kappa shape index (κ3) is 6.87. The van der Waals surface area contributed by atoms with Crippen molar-refractivity contribution in [1.82, 2.24) is 15.5 Å². The van der Waals surface area contributed by atoms with E-state index >= 15 is 0 Å². The molecule has 2 rings (SSSR count). The van der Waals surface area contributed by atoms with E-state index in [1.165, 1.54) is 12.1 Å². The molecule has 1 aromatic rings. The van der Waals surface area contributed by atoms with Gasteiger partial charge in [0, 0.05) is 24.2 Å². The van der Waals surface area contributed by atoms with E-state index in [1.807, 2.05) is 20.8 Å². The summed E-state index contributed by atoms with van der Waals surface area (Å²) < 4.78 is 5.35. The van der Waals surface area contributed by atoms with E-state index in [2.05, 4.69) is 10.6 Å². The number of carbonyl (C=O) groups is 3. The molecule has 0 spiro atoms. The second kappa shape index (κ2) is 9.47. The maximum Gasteiger partial charge on any atom is 0.410 e. The monoisotopic (exact) mass is 429 g/mol. The molecule has 2 N–H and O–H groups in total. The van der Waals surface area contributed by atoms with Crippen LogP contribution in [0.4, 0.5) is 4.79 Å². The molecule has 1 saturated heterocycles. The number of carbonyl (C=O) groups excluding carboxylic acids is 3. The van der Waals surface area contributed by atoms with Crippen LogP contribution in [0.1, 0.15) is 44.0 Å². The Bertz CT molecular complexity index is 741. The Kier molecular flexibility index (Phi) is 7.55. The van der Waals surface area contributed by atoms with Crippen molar-refractivity contribution >= 4 is 41.1 Å². The SMILES string of the molecule is CC(C)(C)OC(=O)N1CCC(NC(=O)CNC(=O)c2ccc(Cl)cc2Cl)CC1. The fourth-order valence-corrected chi connectivity index (χ4v) is 3.24. The van der Waals surface area contributed by atoms with Crippen LogP contribution in [0, 0.1) is 0 Å². The molecule has 7 nitrogen and oxygen atoms in total. The van der Waals surface area contributed by atoms with Gasteiger partial charge >= 0.3 is 6.09 Å². The average molecular weight is 430 g/mol. The second-order valence-corrected chi connectivity index (χ2v) is 8.46. The van der Waals surface area contributed by atoms with Gasteiger partial charge in [-0.2, -0.15) is 0 Å². The quantitative estimate of drug-likeness (QED) is 0.768. The summed E-state index contributed by atoms with van der Waals surface area (Å²) in [5.74, 6) is -0.745. The molecule has 1 heterocycles. The van der Waals surface area contributed by atoms with Crippen molar-refractivity contribution < 1.29 is 19.1 Å². The van der Waals surface area contributed by atoms with Gasteiger partial charge in [-0.15, -0.1) is 0 Å². The van der Waals surface area contributed by atoms with E-state index in [0.29, 0.717) is 31.0 Å². The molecule has 9 heteroatoms. The standard InChI is InChI=1S/C19H25Cl2N3O4/c1-19(2,3)28-18(27)24-8-6-13(7-9-24)23-16(25)11-22-17(26)14-5-4-12(20)10-15(14)21/h4-5,10,13H,6-9,11H2,1-3H3,(H,22,26)(H,23,25). The number of amides is 3. The first-order valence-electron chi connectivity index (χ1n) is 9.05. The Labute approximate surface area is 174 Å². The fraction of sp³-hybridized carbons (Fsp3) is 0.526. The maximum atomic E-state index is 12.1. The molecule has 28 heavy (non-hydrogen) atoms. The van der Waals surface area contributed by atoms with Gasteiger partial charge < -0.3 is 20.3 Å². The van der Waals surface area contributed by atoms with Crippen LogP contribution >= 0.6 is 23.2 Å². The Balaban J connectivity index is 1.74. The molecule has 0 aliphatic carbocycles. The van der Waals surface area contributed by atoms with Gasteiger partial charge in [0.2, 0.25) is 5.91 Å². The fourth-order valence-electron chi connectivity index (χ4n) is 2.74. The Morgan fingerprint density at radius 1 is 1.18 bits per heavy atom. The molecular formula is C19H25Cl2N3O4. The number of nitrogens with zero attached hydrogens (tertiary/aromatic N) is 1. The molecule has 0 unspecified atom stereocenters. The van der Waals surface area contributed by atoms with Gasteiger partial charge in [0.25, 0.3) is 5.91 Å². The number of hydrogen-bond donors (Lipinski definition) is 2. The molecule has 0 radical (unpaired) electrons.